The summed E-state index contributed by atoms with van der Waals surface area (Å²) in [5.41, 5.74) is 0.769. The molecule has 0 unspecified atom stereocenters. The van der Waals surface area contributed by atoms with Gasteiger partial charge in [-0.15, -0.1) is 0 Å². The summed E-state index contributed by atoms with van der Waals surface area (Å²) in [5.74, 6) is -0.440. The van der Waals surface area contributed by atoms with E-state index in [1.54, 1.807) is 4.90 Å². The monoisotopic (exact) mass is 357 g/mol. The molecule has 26 heavy (non-hydrogen) atoms. The van der Waals surface area contributed by atoms with E-state index in [-0.39, 0.29) is 18.6 Å². The van der Waals surface area contributed by atoms with Crippen LogP contribution in [0.5, 0.6) is 0 Å². The largest absolute Gasteiger partial charge is 0.481 e. The lowest BCUT2D eigenvalue weighted by Crippen LogP contribution is -2.59. The van der Waals surface area contributed by atoms with Gasteiger partial charge in [0.05, 0.1) is 5.41 Å². The van der Waals surface area contributed by atoms with Crippen LogP contribution in [0.25, 0.3) is 0 Å². The van der Waals surface area contributed by atoms with Crippen molar-refractivity contribution >= 4 is 12.1 Å². The van der Waals surface area contributed by atoms with Crippen molar-refractivity contribution < 1.29 is 19.4 Å². The Hall–Kier alpha value is -2.04. The van der Waals surface area contributed by atoms with Gasteiger partial charge in [0.25, 0.3) is 0 Å². The molecule has 0 radical (unpaired) electrons. The summed E-state index contributed by atoms with van der Waals surface area (Å²) in [6.45, 7) is 1.47. The second-order valence-corrected chi connectivity index (χ2v) is 8.47. The van der Waals surface area contributed by atoms with E-state index in [9.17, 15) is 14.7 Å². The zero-order chi connectivity index (χ0) is 18.2. The number of rotatable bonds is 4. The van der Waals surface area contributed by atoms with Crippen molar-refractivity contribution in [3.05, 3.63) is 35.9 Å². The van der Waals surface area contributed by atoms with Crippen LogP contribution in [-0.4, -0.2) is 35.2 Å². The third kappa shape index (κ3) is 2.97. The van der Waals surface area contributed by atoms with Crippen molar-refractivity contribution in [1.29, 1.82) is 0 Å². The molecule has 4 rings (SSSR count). The molecule has 1 amide bonds. The molecule has 140 valence electrons. The molecule has 1 spiro atoms. The van der Waals surface area contributed by atoms with Crippen LogP contribution in [-0.2, 0) is 16.1 Å². The maximum atomic E-state index is 12.3. The number of likely N-dealkylation sites (tertiary alicyclic amines) is 1. The molecule has 1 aliphatic heterocycles. The molecule has 1 aromatic carbocycles. The fraction of sp³-hybridized carbons (Fsp3) is 0.619. The minimum absolute atomic E-state index is 0.185. The van der Waals surface area contributed by atoms with E-state index in [4.69, 9.17) is 4.74 Å². The zero-order valence-corrected chi connectivity index (χ0v) is 15.2. The molecule has 2 aliphatic carbocycles. The molecule has 0 bridgehead atoms. The Kier molecular flexibility index (Phi) is 4.41. The first-order chi connectivity index (χ1) is 12.5. The summed E-state index contributed by atoms with van der Waals surface area (Å²) in [5, 5.41) is 9.87. The quantitative estimate of drug-likeness (QED) is 0.882. The summed E-state index contributed by atoms with van der Waals surface area (Å²) in [4.78, 5) is 26.0. The van der Waals surface area contributed by atoms with E-state index in [1.807, 2.05) is 30.3 Å². The fourth-order valence-corrected chi connectivity index (χ4v) is 5.36. The third-order valence-electron chi connectivity index (χ3n) is 6.96. The average molecular weight is 357 g/mol. The molecule has 1 aromatic rings. The summed E-state index contributed by atoms with van der Waals surface area (Å²) >= 11 is 0. The van der Waals surface area contributed by atoms with Gasteiger partial charge in [0.1, 0.15) is 6.61 Å². The molecule has 2 saturated carbocycles. The first kappa shape index (κ1) is 17.4. The molecule has 5 nitrogen and oxygen atoms in total. The second kappa shape index (κ2) is 6.60. The lowest BCUT2D eigenvalue weighted by Gasteiger charge is -2.62. The Bertz CT molecular complexity index is 667. The number of piperidine rings is 1. The maximum Gasteiger partial charge on any atom is 0.410 e. The molecule has 0 atom stereocenters. The van der Waals surface area contributed by atoms with E-state index < -0.39 is 11.4 Å². The number of amides is 1. The Morgan fingerprint density at radius 1 is 1.12 bits per heavy atom. The van der Waals surface area contributed by atoms with Gasteiger partial charge in [-0.3, -0.25) is 4.79 Å². The number of benzene rings is 1. The predicted molar refractivity (Wildman–Crippen MR) is 96.5 cm³/mol. The number of carboxylic acid groups (broad SMARTS) is 1. The number of hydrogen-bond donors (Lipinski definition) is 1. The average Bonchev–Trinajstić information content (AvgIpc) is 2.59. The van der Waals surface area contributed by atoms with Gasteiger partial charge >= 0.3 is 12.1 Å². The van der Waals surface area contributed by atoms with Crippen molar-refractivity contribution in [1.82, 2.24) is 4.90 Å². The molecular formula is C21H27NO4. The van der Waals surface area contributed by atoms with Crippen LogP contribution in [0.15, 0.2) is 30.3 Å². The Morgan fingerprint density at radius 2 is 1.77 bits per heavy atom. The first-order valence-corrected chi connectivity index (χ1v) is 9.72. The van der Waals surface area contributed by atoms with Crippen molar-refractivity contribution in [3.63, 3.8) is 0 Å². The number of hydrogen-bond acceptors (Lipinski definition) is 3. The van der Waals surface area contributed by atoms with Gasteiger partial charge in [-0.25, -0.2) is 4.79 Å². The van der Waals surface area contributed by atoms with Crippen LogP contribution in [0, 0.1) is 16.7 Å². The Balaban J connectivity index is 1.29. The lowest BCUT2D eigenvalue weighted by atomic mass is 9.41. The van der Waals surface area contributed by atoms with Crippen LogP contribution in [0.1, 0.15) is 50.5 Å². The molecule has 3 fully saturated rings. The van der Waals surface area contributed by atoms with E-state index in [1.165, 1.54) is 19.3 Å². The van der Waals surface area contributed by atoms with Gasteiger partial charge in [0.15, 0.2) is 0 Å². The molecule has 5 heteroatoms. The first-order valence-electron chi connectivity index (χ1n) is 9.72. The molecule has 3 aliphatic rings. The maximum absolute atomic E-state index is 12.3. The molecule has 1 saturated heterocycles. The summed E-state index contributed by atoms with van der Waals surface area (Å²) in [6, 6.07) is 9.65. The topological polar surface area (TPSA) is 66.8 Å². The number of nitrogens with zero attached hydrogens (tertiary/aromatic N) is 1. The van der Waals surface area contributed by atoms with Crippen LogP contribution in [0.2, 0.25) is 0 Å². The van der Waals surface area contributed by atoms with E-state index in [2.05, 4.69) is 0 Å². The zero-order valence-electron chi connectivity index (χ0n) is 15.2. The minimum Gasteiger partial charge on any atom is -0.481 e. The van der Waals surface area contributed by atoms with Gasteiger partial charge < -0.3 is 14.7 Å². The van der Waals surface area contributed by atoms with Crippen LogP contribution >= 0.6 is 0 Å². The smallest absolute Gasteiger partial charge is 0.410 e. The molecular weight excluding hydrogens is 330 g/mol. The highest BCUT2D eigenvalue weighted by Gasteiger charge is 2.63. The number of carbonyl (C=O) groups is 2. The van der Waals surface area contributed by atoms with E-state index in [0.29, 0.717) is 18.5 Å². The number of carboxylic acids is 1. The van der Waals surface area contributed by atoms with Crippen molar-refractivity contribution in [2.45, 2.75) is 51.6 Å². The van der Waals surface area contributed by atoms with Crippen LogP contribution in [0.3, 0.4) is 0 Å². The fourth-order valence-electron chi connectivity index (χ4n) is 5.36. The van der Waals surface area contributed by atoms with Crippen molar-refractivity contribution in [3.8, 4) is 0 Å². The number of ether oxygens (including phenoxy) is 1. The number of aliphatic carboxylic acids is 1. The summed E-state index contributed by atoms with van der Waals surface area (Å²) < 4.78 is 5.41. The molecule has 0 aromatic heterocycles. The van der Waals surface area contributed by atoms with Crippen LogP contribution in [0.4, 0.5) is 4.79 Å². The minimum atomic E-state index is -0.625. The van der Waals surface area contributed by atoms with E-state index >= 15 is 0 Å². The van der Waals surface area contributed by atoms with Gasteiger partial charge in [-0.1, -0.05) is 36.8 Å². The SMILES string of the molecule is O=C(OCc1ccccc1)N1CCC(C2(C(=O)O)CC3(CCC3)C2)CC1. The Morgan fingerprint density at radius 3 is 2.31 bits per heavy atom. The molecule has 1 N–H and O–H groups in total. The van der Waals surface area contributed by atoms with Crippen molar-refractivity contribution in [2.24, 2.45) is 16.7 Å². The molecule has 1 heterocycles. The van der Waals surface area contributed by atoms with Gasteiger partial charge in [-0.2, -0.15) is 0 Å². The highest BCUT2D eigenvalue weighted by molar-refractivity contribution is 5.77. The normalized spacial score (nSPS) is 23.8. The van der Waals surface area contributed by atoms with Gasteiger partial charge in [0.2, 0.25) is 0 Å². The number of carbonyl (C=O) groups excluding carboxylic acids is 1. The van der Waals surface area contributed by atoms with E-state index in [0.717, 1.165) is 31.2 Å². The summed E-state index contributed by atoms with van der Waals surface area (Å²) in [6.07, 6.45) is 6.59. The standard InChI is InChI=1S/C21H27NO4/c23-18(24)21(14-20(15-21)9-4-10-20)17-7-11-22(12-8-17)19(25)26-13-16-5-2-1-3-6-16/h1-3,5-6,17H,4,7-15H2,(H,23,24). The van der Waals surface area contributed by atoms with Gasteiger partial charge in [-0.05, 0) is 55.4 Å². The van der Waals surface area contributed by atoms with Crippen LogP contribution < -0.4 is 0 Å². The predicted octanol–water partition coefficient (Wildman–Crippen LogP) is 4.07. The van der Waals surface area contributed by atoms with Crippen molar-refractivity contribution in [2.75, 3.05) is 13.1 Å². The lowest BCUT2D eigenvalue weighted by molar-refractivity contribution is -0.188. The third-order valence-corrected chi connectivity index (χ3v) is 6.96. The second-order valence-electron chi connectivity index (χ2n) is 8.47. The summed E-state index contributed by atoms with van der Waals surface area (Å²) in [7, 11) is 0. The Labute approximate surface area is 154 Å². The van der Waals surface area contributed by atoms with Gasteiger partial charge in [0, 0.05) is 13.1 Å². The highest BCUT2D eigenvalue weighted by atomic mass is 16.6. The highest BCUT2D eigenvalue weighted by Crippen LogP contribution is 2.68.